The van der Waals surface area contributed by atoms with Gasteiger partial charge in [-0.25, -0.2) is 0 Å². The zero-order valence-corrected chi connectivity index (χ0v) is 18.3. The lowest BCUT2D eigenvalue weighted by Gasteiger charge is -2.11. The number of nitrogens with one attached hydrogen (secondary N) is 2. The van der Waals surface area contributed by atoms with E-state index in [2.05, 4.69) is 22.4 Å². The zero-order valence-electron chi connectivity index (χ0n) is 16.7. The van der Waals surface area contributed by atoms with Gasteiger partial charge in [-0.05, 0) is 49.0 Å². The van der Waals surface area contributed by atoms with E-state index in [9.17, 15) is 18.5 Å². The molecule has 2 aromatic rings. The van der Waals surface area contributed by atoms with Crippen LogP contribution in [0.4, 0.5) is 5.69 Å². The molecule has 0 atom stereocenters. The van der Waals surface area contributed by atoms with Crippen LogP contribution in [0.5, 0.6) is 11.5 Å². The third-order valence-electron chi connectivity index (χ3n) is 3.84. The summed E-state index contributed by atoms with van der Waals surface area (Å²) in [6, 6.07) is 7.97. The number of hydrazone groups is 1. The number of hydrogen-bond donors (Lipinski definition) is 2. The quantitative estimate of drug-likeness (QED) is 0.143. The van der Waals surface area contributed by atoms with Gasteiger partial charge < -0.3 is 14.2 Å². The predicted molar refractivity (Wildman–Crippen MR) is 120 cm³/mol. The Balaban J connectivity index is 2.21. The van der Waals surface area contributed by atoms with Gasteiger partial charge in [0, 0.05) is 18.2 Å². The molecule has 0 aliphatic rings. The van der Waals surface area contributed by atoms with E-state index in [1.165, 1.54) is 44.5 Å². The van der Waals surface area contributed by atoms with E-state index < -0.39 is 15.0 Å². The van der Waals surface area contributed by atoms with E-state index in [4.69, 9.17) is 21.1 Å². The van der Waals surface area contributed by atoms with Crippen LogP contribution in [0, 0.1) is 17.0 Å². The highest BCUT2D eigenvalue weighted by atomic mass is 32.2. The molecule has 0 spiro atoms. The van der Waals surface area contributed by atoms with Crippen LogP contribution in [-0.2, 0) is 10.1 Å². The highest BCUT2D eigenvalue weighted by molar-refractivity contribution is 7.87. The minimum absolute atomic E-state index is 0.0843. The molecule has 0 heterocycles. The maximum absolute atomic E-state index is 12.6. The fourth-order valence-electron chi connectivity index (χ4n) is 2.31. The van der Waals surface area contributed by atoms with Crippen molar-refractivity contribution in [2.24, 2.45) is 5.10 Å². The Morgan fingerprint density at radius 3 is 2.68 bits per heavy atom. The Bertz CT molecular complexity index is 1130. The van der Waals surface area contributed by atoms with Crippen LogP contribution >= 0.6 is 12.2 Å². The Morgan fingerprint density at radius 2 is 2.03 bits per heavy atom. The summed E-state index contributed by atoms with van der Waals surface area (Å²) in [4.78, 5) is 10.1. The molecule has 2 rings (SSSR count). The lowest BCUT2D eigenvalue weighted by Crippen LogP contribution is -2.31. The third-order valence-corrected chi connectivity index (χ3v) is 5.31. The summed E-state index contributed by atoms with van der Waals surface area (Å²) in [7, 11) is -2.99. The molecule has 0 unspecified atom stereocenters. The first-order valence-electron chi connectivity index (χ1n) is 8.73. The van der Waals surface area contributed by atoms with Gasteiger partial charge in [0.1, 0.15) is 4.90 Å². The van der Waals surface area contributed by atoms with Gasteiger partial charge in [0.05, 0.1) is 18.2 Å². The van der Waals surface area contributed by atoms with Gasteiger partial charge >= 0.3 is 10.1 Å². The van der Waals surface area contributed by atoms with Gasteiger partial charge in [0.15, 0.2) is 16.6 Å². The van der Waals surface area contributed by atoms with Crippen LogP contribution in [0.1, 0.15) is 11.1 Å². The summed E-state index contributed by atoms with van der Waals surface area (Å²) in [5.41, 5.74) is 3.20. The van der Waals surface area contributed by atoms with E-state index in [1.807, 2.05) is 0 Å². The Kier molecular flexibility index (Phi) is 8.05. The van der Waals surface area contributed by atoms with Crippen molar-refractivity contribution < 1.29 is 22.3 Å². The minimum atomic E-state index is -4.33. The molecule has 0 aromatic heterocycles. The Morgan fingerprint density at radius 1 is 1.29 bits per heavy atom. The summed E-state index contributed by atoms with van der Waals surface area (Å²) in [5, 5.41) is 18.2. The highest BCUT2D eigenvalue weighted by Gasteiger charge is 2.23. The topological polar surface area (TPSA) is 132 Å². The lowest BCUT2D eigenvalue weighted by molar-refractivity contribution is -0.385. The number of nitro groups is 1. The van der Waals surface area contributed by atoms with Crippen molar-refractivity contribution in [3.05, 3.63) is 70.3 Å². The van der Waals surface area contributed by atoms with Gasteiger partial charge in [-0.15, -0.1) is 6.58 Å². The van der Waals surface area contributed by atoms with E-state index in [0.717, 1.165) is 6.07 Å². The number of ether oxygens (including phenoxy) is 1. The molecule has 164 valence electrons. The first-order chi connectivity index (χ1) is 14.7. The van der Waals surface area contributed by atoms with E-state index in [0.29, 0.717) is 22.8 Å². The van der Waals surface area contributed by atoms with E-state index in [1.54, 1.807) is 12.1 Å². The largest absolute Gasteiger partial charge is 0.493 e. The van der Waals surface area contributed by atoms with Gasteiger partial charge in [-0.2, -0.15) is 13.5 Å². The standard InChI is InChI=1S/C19H20N4O6S2/c1-4-9-20-19(30)22-21-12-14-6-8-17(18(10-14)28-3)29-31(26,27)15-7-5-13(2)16(11-15)23(24)25/h4-8,10-12H,1,9H2,2-3H3,(H2,20,22,30). The number of nitro benzene ring substituents is 1. The highest BCUT2D eigenvalue weighted by Crippen LogP contribution is 2.31. The second-order valence-corrected chi connectivity index (χ2v) is 7.98. The SMILES string of the molecule is C=CCNC(=S)NN=Cc1ccc(OS(=O)(=O)c2ccc(C)c([N+](=O)[O-])c2)c(OC)c1. The summed E-state index contributed by atoms with van der Waals surface area (Å²) in [5.74, 6) is 0.0421. The van der Waals surface area contributed by atoms with Gasteiger partial charge in [-0.3, -0.25) is 15.5 Å². The molecule has 12 heteroatoms. The maximum atomic E-state index is 12.6. The minimum Gasteiger partial charge on any atom is -0.493 e. The lowest BCUT2D eigenvalue weighted by atomic mass is 10.2. The maximum Gasteiger partial charge on any atom is 0.339 e. The van der Waals surface area contributed by atoms with Crippen LogP contribution in [0.15, 0.2) is 59.1 Å². The van der Waals surface area contributed by atoms with Crippen molar-refractivity contribution in [2.45, 2.75) is 11.8 Å². The fourth-order valence-corrected chi connectivity index (χ4v) is 3.41. The number of benzene rings is 2. The van der Waals surface area contributed by atoms with Crippen LogP contribution in [0.25, 0.3) is 0 Å². The normalized spacial score (nSPS) is 11.0. The molecule has 0 radical (unpaired) electrons. The molecule has 2 N–H and O–H groups in total. The molecule has 10 nitrogen and oxygen atoms in total. The van der Waals surface area contributed by atoms with E-state index >= 15 is 0 Å². The van der Waals surface area contributed by atoms with Gasteiger partial charge in [-0.1, -0.05) is 12.1 Å². The van der Waals surface area contributed by atoms with Gasteiger partial charge in [0.25, 0.3) is 5.69 Å². The number of rotatable bonds is 9. The van der Waals surface area contributed by atoms with Crippen LogP contribution < -0.4 is 19.7 Å². The second-order valence-electron chi connectivity index (χ2n) is 6.02. The van der Waals surface area contributed by atoms with Crippen molar-refractivity contribution in [1.82, 2.24) is 10.7 Å². The monoisotopic (exact) mass is 464 g/mol. The van der Waals surface area contributed by atoms with Crippen molar-refractivity contribution >= 4 is 39.4 Å². The fraction of sp³-hybridized carbons (Fsp3) is 0.158. The van der Waals surface area contributed by atoms with Crippen LogP contribution in [0.2, 0.25) is 0 Å². The molecular weight excluding hydrogens is 444 g/mol. The van der Waals surface area contributed by atoms with Crippen LogP contribution in [0.3, 0.4) is 0 Å². The summed E-state index contributed by atoms with van der Waals surface area (Å²) < 4.78 is 35.6. The number of nitrogens with zero attached hydrogens (tertiary/aromatic N) is 2. The summed E-state index contributed by atoms with van der Waals surface area (Å²) in [6.07, 6.45) is 3.09. The Labute approximate surface area is 184 Å². The molecule has 0 bridgehead atoms. The number of thiocarbonyl (C=S) groups is 1. The molecule has 0 aliphatic heterocycles. The summed E-state index contributed by atoms with van der Waals surface area (Å²) >= 11 is 5.01. The second kappa shape index (κ2) is 10.5. The molecular formula is C19H20N4O6S2. The summed E-state index contributed by atoms with van der Waals surface area (Å²) in [6.45, 7) is 5.56. The third kappa shape index (κ3) is 6.49. The molecule has 0 saturated carbocycles. The number of aryl methyl sites for hydroxylation is 1. The predicted octanol–water partition coefficient (Wildman–Crippen LogP) is 2.66. The van der Waals surface area contributed by atoms with E-state index in [-0.39, 0.29) is 22.1 Å². The van der Waals surface area contributed by atoms with Crippen molar-refractivity contribution in [3.8, 4) is 11.5 Å². The molecule has 31 heavy (non-hydrogen) atoms. The Hall–Kier alpha value is -3.51. The smallest absolute Gasteiger partial charge is 0.339 e. The van der Waals surface area contributed by atoms with Crippen molar-refractivity contribution in [3.63, 3.8) is 0 Å². The average molecular weight is 465 g/mol. The number of hydrogen-bond acceptors (Lipinski definition) is 8. The van der Waals surface area contributed by atoms with Crippen molar-refractivity contribution in [2.75, 3.05) is 13.7 Å². The average Bonchev–Trinajstić information content (AvgIpc) is 2.72. The molecule has 0 fully saturated rings. The first-order valence-corrected chi connectivity index (χ1v) is 10.5. The van der Waals surface area contributed by atoms with Crippen molar-refractivity contribution in [1.29, 1.82) is 0 Å². The molecule has 0 saturated heterocycles. The van der Waals surface area contributed by atoms with Gasteiger partial charge in [0.2, 0.25) is 0 Å². The molecule has 2 aromatic carbocycles. The number of methoxy groups -OCH3 is 1. The first kappa shape index (κ1) is 23.8. The molecule has 0 aliphatic carbocycles. The zero-order chi connectivity index (χ0) is 23.0. The van der Waals surface area contributed by atoms with Crippen LogP contribution in [-0.4, -0.2) is 38.3 Å². The molecule has 0 amide bonds.